The molecule has 2 saturated heterocycles. The molecule has 0 saturated carbocycles. The molecule has 1 N–H and O–H groups in total. The summed E-state index contributed by atoms with van der Waals surface area (Å²) < 4.78 is 33.5. The number of carboxylic acid groups (broad SMARTS) is 1. The smallest absolute Gasteiger partial charge is 0.335 e. The van der Waals surface area contributed by atoms with Crippen molar-refractivity contribution >= 4 is 39.6 Å². The van der Waals surface area contributed by atoms with Crippen LogP contribution in [-0.2, 0) is 24.4 Å². The third-order valence-electron chi connectivity index (χ3n) is 8.94. The summed E-state index contributed by atoms with van der Waals surface area (Å²) in [6, 6.07) is 15.6. The molecule has 1 atom stereocenters. The van der Waals surface area contributed by atoms with Gasteiger partial charge in [-0.25, -0.2) is 9.78 Å². The predicted molar refractivity (Wildman–Crippen MR) is 165 cm³/mol. The number of hydrogen-bond donors (Lipinski definition) is 1. The van der Waals surface area contributed by atoms with Crippen molar-refractivity contribution < 1.29 is 28.2 Å². The molecule has 0 unspecified atom stereocenters. The summed E-state index contributed by atoms with van der Waals surface area (Å²) in [6.45, 7) is 6.18. The number of imidazole rings is 1. The average Bonchev–Trinajstić information content (AvgIpc) is 3.55. The SMILES string of the molecule is Cc1cccc(C2CCN(Cc3nc4ccc(C(=O)O)cc4n3C[C@@H]3CCO3)CC2)c1OCc1ccc(Cl)c2cc(F)oc12. The Morgan fingerprint density at radius 2 is 1.95 bits per heavy atom. The van der Waals surface area contributed by atoms with E-state index >= 15 is 0 Å². The summed E-state index contributed by atoms with van der Waals surface area (Å²) in [5.41, 5.74) is 5.27. The third kappa shape index (κ3) is 5.56. The van der Waals surface area contributed by atoms with Crippen molar-refractivity contribution in [1.29, 1.82) is 0 Å². The number of carbonyl (C=O) groups is 1. The van der Waals surface area contributed by atoms with Crippen LogP contribution in [0.4, 0.5) is 4.39 Å². The average molecular weight is 618 g/mol. The molecule has 228 valence electrons. The molecule has 2 aliphatic heterocycles. The van der Waals surface area contributed by atoms with E-state index < -0.39 is 12.0 Å². The van der Waals surface area contributed by atoms with Gasteiger partial charge in [0, 0.05) is 23.6 Å². The number of benzene rings is 3. The maximum absolute atomic E-state index is 13.9. The Morgan fingerprint density at radius 3 is 2.70 bits per heavy atom. The summed E-state index contributed by atoms with van der Waals surface area (Å²) in [6.07, 6.45) is 3.04. The first kappa shape index (κ1) is 28.8. The minimum absolute atomic E-state index is 0.126. The van der Waals surface area contributed by atoms with E-state index in [9.17, 15) is 14.3 Å². The van der Waals surface area contributed by atoms with Gasteiger partial charge in [0.2, 0.25) is 0 Å². The van der Waals surface area contributed by atoms with E-state index in [1.807, 2.05) is 19.1 Å². The van der Waals surface area contributed by atoms with Crippen LogP contribution in [-0.4, -0.2) is 51.3 Å². The summed E-state index contributed by atoms with van der Waals surface area (Å²) >= 11 is 6.25. The van der Waals surface area contributed by atoms with E-state index in [-0.39, 0.29) is 18.3 Å². The number of likely N-dealkylation sites (tertiary alicyclic amines) is 1. The van der Waals surface area contributed by atoms with E-state index in [1.54, 1.807) is 24.3 Å². The third-order valence-corrected chi connectivity index (χ3v) is 9.27. The summed E-state index contributed by atoms with van der Waals surface area (Å²) in [4.78, 5) is 19.0. The molecule has 10 heteroatoms. The van der Waals surface area contributed by atoms with E-state index in [4.69, 9.17) is 30.5 Å². The van der Waals surface area contributed by atoms with Gasteiger partial charge in [-0.1, -0.05) is 35.9 Å². The van der Waals surface area contributed by atoms with Gasteiger partial charge in [0.1, 0.15) is 23.8 Å². The Kier molecular flexibility index (Phi) is 7.78. The van der Waals surface area contributed by atoms with Crippen LogP contribution in [0.3, 0.4) is 0 Å². The maximum atomic E-state index is 13.9. The fraction of sp³-hybridized carbons (Fsp3) is 0.353. The van der Waals surface area contributed by atoms with Gasteiger partial charge in [-0.3, -0.25) is 4.90 Å². The Bertz CT molecular complexity index is 1860. The lowest BCUT2D eigenvalue weighted by atomic mass is 9.88. The predicted octanol–water partition coefficient (Wildman–Crippen LogP) is 7.33. The number of halogens is 2. The van der Waals surface area contributed by atoms with Gasteiger partial charge in [0.05, 0.1) is 40.8 Å². The van der Waals surface area contributed by atoms with Crippen molar-refractivity contribution in [2.75, 3.05) is 19.7 Å². The number of fused-ring (bicyclic) bond motifs is 2. The number of aromatic nitrogens is 2. The highest BCUT2D eigenvalue weighted by Crippen LogP contribution is 2.38. The number of rotatable bonds is 9. The monoisotopic (exact) mass is 617 g/mol. The Morgan fingerprint density at radius 1 is 1.14 bits per heavy atom. The van der Waals surface area contributed by atoms with Gasteiger partial charge < -0.3 is 23.6 Å². The highest BCUT2D eigenvalue weighted by molar-refractivity contribution is 6.35. The van der Waals surface area contributed by atoms with E-state index in [2.05, 4.69) is 21.6 Å². The lowest BCUT2D eigenvalue weighted by molar-refractivity contribution is -0.0592. The minimum Gasteiger partial charge on any atom is -0.488 e. The van der Waals surface area contributed by atoms with Crippen molar-refractivity contribution in [2.24, 2.45) is 0 Å². The van der Waals surface area contributed by atoms with Crippen molar-refractivity contribution in [3.63, 3.8) is 0 Å². The Balaban J connectivity index is 1.07. The van der Waals surface area contributed by atoms with Gasteiger partial charge >= 0.3 is 5.97 Å². The fourth-order valence-electron chi connectivity index (χ4n) is 6.44. The Hall–Kier alpha value is -3.92. The van der Waals surface area contributed by atoms with Crippen LogP contribution in [0.5, 0.6) is 5.75 Å². The highest BCUT2D eigenvalue weighted by atomic mass is 35.5. The van der Waals surface area contributed by atoms with E-state index in [1.165, 1.54) is 11.6 Å². The van der Waals surface area contributed by atoms with Crippen LogP contribution in [0, 0.1) is 12.9 Å². The zero-order chi connectivity index (χ0) is 30.4. The molecule has 5 aromatic rings. The standard InChI is InChI=1S/C34H33ClFN3O5/c1-20-3-2-4-25(32(20)43-19-23-5-7-27(35)26-16-30(36)44-33(23)26)21-9-12-38(13-10-21)18-31-37-28-8-6-22(34(40)41)15-29(28)39(31)17-24-11-14-42-24/h2-8,15-16,21,24H,9-14,17-19H2,1H3,(H,40,41)/t24-/m0/s1. The fourth-order valence-corrected chi connectivity index (χ4v) is 6.64. The summed E-state index contributed by atoms with van der Waals surface area (Å²) in [5, 5.41) is 10.5. The number of piperidine rings is 1. The molecule has 0 bridgehead atoms. The minimum atomic E-state index is -0.945. The number of aromatic carboxylic acids is 1. The first-order valence-corrected chi connectivity index (χ1v) is 15.4. The molecule has 2 aliphatic rings. The number of aryl methyl sites for hydroxylation is 1. The largest absolute Gasteiger partial charge is 0.488 e. The molecule has 2 fully saturated rings. The number of para-hydroxylation sites is 1. The molecule has 4 heterocycles. The molecule has 8 nitrogen and oxygen atoms in total. The topological polar surface area (TPSA) is 90.0 Å². The van der Waals surface area contributed by atoms with Crippen molar-refractivity contribution in [1.82, 2.24) is 14.5 Å². The molecular weight excluding hydrogens is 585 g/mol. The quantitative estimate of drug-likeness (QED) is 0.185. The zero-order valence-electron chi connectivity index (χ0n) is 24.4. The molecule has 0 spiro atoms. The summed E-state index contributed by atoms with van der Waals surface area (Å²) in [7, 11) is 0. The highest BCUT2D eigenvalue weighted by Gasteiger charge is 2.27. The molecule has 2 aromatic heterocycles. The normalized spacial score (nSPS) is 17.8. The molecule has 44 heavy (non-hydrogen) atoms. The second-order valence-corrected chi connectivity index (χ2v) is 12.2. The number of furan rings is 1. The van der Waals surface area contributed by atoms with Gasteiger partial charge in [-0.2, -0.15) is 4.39 Å². The van der Waals surface area contributed by atoms with Crippen LogP contribution >= 0.6 is 11.6 Å². The van der Waals surface area contributed by atoms with Crippen molar-refractivity contribution in [2.45, 2.75) is 57.9 Å². The van der Waals surface area contributed by atoms with Gasteiger partial charge in [0.15, 0.2) is 0 Å². The van der Waals surface area contributed by atoms with Gasteiger partial charge in [-0.15, -0.1) is 0 Å². The van der Waals surface area contributed by atoms with Gasteiger partial charge in [0.25, 0.3) is 6.01 Å². The molecule has 7 rings (SSSR count). The zero-order valence-corrected chi connectivity index (χ0v) is 25.1. The molecule has 0 radical (unpaired) electrons. The first-order valence-electron chi connectivity index (χ1n) is 15.0. The molecular formula is C34H33ClFN3O5. The van der Waals surface area contributed by atoms with Crippen LogP contribution in [0.1, 0.15) is 58.1 Å². The maximum Gasteiger partial charge on any atom is 0.335 e. The van der Waals surface area contributed by atoms with Crippen LogP contribution in [0.25, 0.3) is 22.0 Å². The van der Waals surface area contributed by atoms with Crippen molar-refractivity contribution in [3.05, 3.63) is 93.7 Å². The molecule has 0 aliphatic carbocycles. The number of hydrogen-bond acceptors (Lipinski definition) is 6. The van der Waals surface area contributed by atoms with Gasteiger partial charge in [-0.05, 0) is 80.6 Å². The van der Waals surface area contributed by atoms with E-state index in [0.717, 1.165) is 72.7 Å². The lowest BCUT2D eigenvalue weighted by Crippen LogP contribution is -2.35. The summed E-state index contributed by atoms with van der Waals surface area (Å²) in [5.74, 6) is 1.17. The van der Waals surface area contributed by atoms with Crippen LogP contribution in [0.2, 0.25) is 5.02 Å². The van der Waals surface area contributed by atoms with Crippen LogP contribution in [0.15, 0.2) is 59.0 Å². The van der Waals surface area contributed by atoms with Crippen LogP contribution < -0.4 is 4.74 Å². The second-order valence-electron chi connectivity index (χ2n) is 11.8. The van der Waals surface area contributed by atoms with Crippen molar-refractivity contribution in [3.8, 4) is 5.75 Å². The number of nitrogens with zero attached hydrogens (tertiary/aromatic N) is 3. The lowest BCUT2D eigenvalue weighted by Gasteiger charge is -2.33. The van der Waals surface area contributed by atoms with E-state index in [0.29, 0.717) is 35.0 Å². The number of carboxylic acids is 1. The number of ether oxygens (including phenoxy) is 2. The second kappa shape index (κ2) is 11.9. The Labute approximate surface area is 258 Å². The molecule has 3 aromatic carbocycles. The first-order chi connectivity index (χ1) is 21.3. The molecule has 0 amide bonds.